The molecule has 0 aromatic rings. The largest absolute Gasteiger partial charge is 0.335 e. The van der Waals surface area contributed by atoms with Gasteiger partial charge in [0.15, 0.2) is 5.66 Å². The Morgan fingerprint density at radius 3 is 2.41 bits per heavy atom. The van der Waals surface area contributed by atoms with Gasteiger partial charge in [-0.25, -0.2) is 4.79 Å². The minimum Gasteiger partial charge on any atom is -0.335 e. The third-order valence-corrected chi connectivity index (χ3v) is 4.20. The summed E-state index contributed by atoms with van der Waals surface area (Å²) >= 11 is 0. The van der Waals surface area contributed by atoms with Crippen LogP contribution in [0.2, 0.25) is 0 Å². The van der Waals surface area contributed by atoms with E-state index in [0.717, 1.165) is 25.7 Å². The molecule has 1 saturated carbocycles. The summed E-state index contributed by atoms with van der Waals surface area (Å²) in [4.78, 5) is 12.3. The molecule has 1 aliphatic rings. The van der Waals surface area contributed by atoms with Crippen molar-refractivity contribution in [3.8, 4) is 0 Å². The first-order valence-corrected chi connectivity index (χ1v) is 8.85. The number of nitrogens with zero attached hydrogens (tertiary/aromatic N) is 2. The maximum atomic E-state index is 12.3. The molecule has 0 heterocycles. The molecular weight excluding hydrogens is 276 g/mol. The van der Waals surface area contributed by atoms with Crippen LogP contribution in [0.1, 0.15) is 79.6 Å². The lowest BCUT2D eigenvalue weighted by atomic mass is 9.95. The lowest BCUT2D eigenvalue weighted by Gasteiger charge is -2.30. The third-order valence-electron chi connectivity index (χ3n) is 4.20. The Labute approximate surface area is 135 Å². The quantitative estimate of drug-likeness (QED) is 0.661. The summed E-state index contributed by atoms with van der Waals surface area (Å²) < 4.78 is 0. The highest BCUT2D eigenvalue weighted by atomic mass is 16.2. The molecule has 0 aromatic carbocycles. The van der Waals surface area contributed by atoms with Gasteiger partial charge in [0.25, 0.3) is 0 Å². The molecule has 0 spiro atoms. The van der Waals surface area contributed by atoms with Crippen molar-refractivity contribution in [3.63, 3.8) is 0 Å². The highest BCUT2D eigenvalue weighted by Crippen LogP contribution is 2.20. The van der Waals surface area contributed by atoms with E-state index in [-0.39, 0.29) is 12.1 Å². The van der Waals surface area contributed by atoms with Crippen LogP contribution < -0.4 is 10.6 Å². The van der Waals surface area contributed by atoms with Gasteiger partial charge in [-0.2, -0.15) is 10.2 Å². The lowest BCUT2D eigenvalue weighted by molar-refractivity contribution is 0.211. The van der Waals surface area contributed by atoms with Gasteiger partial charge in [0.05, 0.1) is 6.04 Å². The number of nitrogens with one attached hydrogen (secondary N) is 2. The van der Waals surface area contributed by atoms with E-state index in [2.05, 4.69) is 41.6 Å². The van der Waals surface area contributed by atoms with Crippen LogP contribution >= 0.6 is 0 Å². The van der Waals surface area contributed by atoms with Gasteiger partial charge in [-0.1, -0.05) is 40.0 Å². The van der Waals surface area contributed by atoms with E-state index in [0.29, 0.717) is 12.0 Å². The Kier molecular flexibility index (Phi) is 7.83. The highest BCUT2D eigenvalue weighted by molar-refractivity contribution is 5.75. The summed E-state index contributed by atoms with van der Waals surface area (Å²) in [5.41, 5.74) is -0.629. The predicted octanol–water partition coefficient (Wildman–Crippen LogP) is 4.63. The number of carbonyl (C=O) groups excluding carboxylic acids is 1. The van der Waals surface area contributed by atoms with Crippen LogP contribution in [0.3, 0.4) is 0 Å². The zero-order chi connectivity index (χ0) is 16.6. The molecule has 2 unspecified atom stereocenters. The molecule has 5 nitrogen and oxygen atoms in total. The van der Waals surface area contributed by atoms with Gasteiger partial charge in [0.1, 0.15) is 0 Å². The molecule has 0 aromatic heterocycles. The number of hydrogen-bond donors (Lipinski definition) is 2. The summed E-state index contributed by atoms with van der Waals surface area (Å²) in [6.45, 7) is 10.4. The zero-order valence-electron chi connectivity index (χ0n) is 15.0. The Hall–Kier alpha value is -1.13. The molecule has 128 valence electrons. The van der Waals surface area contributed by atoms with Crippen molar-refractivity contribution >= 4 is 6.03 Å². The normalized spacial score (nSPS) is 20.8. The van der Waals surface area contributed by atoms with Crippen LogP contribution in [0.4, 0.5) is 4.79 Å². The fraction of sp³-hybridized carbons (Fsp3) is 0.941. The van der Waals surface area contributed by atoms with Crippen molar-refractivity contribution in [3.05, 3.63) is 0 Å². The van der Waals surface area contributed by atoms with Crippen LogP contribution in [0.5, 0.6) is 0 Å². The molecule has 0 saturated heterocycles. The maximum absolute atomic E-state index is 12.3. The second-order valence-electron chi connectivity index (χ2n) is 7.28. The Morgan fingerprint density at radius 2 is 1.86 bits per heavy atom. The molecular formula is C17H34N4O. The zero-order valence-corrected chi connectivity index (χ0v) is 15.0. The van der Waals surface area contributed by atoms with Crippen LogP contribution in [-0.2, 0) is 0 Å². The van der Waals surface area contributed by atoms with Crippen LogP contribution in [0.25, 0.3) is 0 Å². The lowest BCUT2D eigenvalue weighted by Crippen LogP contribution is -2.52. The topological polar surface area (TPSA) is 65.8 Å². The maximum Gasteiger partial charge on any atom is 0.316 e. The highest BCUT2D eigenvalue weighted by Gasteiger charge is 2.28. The summed E-state index contributed by atoms with van der Waals surface area (Å²) in [7, 11) is 0. The van der Waals surface area contributed by atoms with E-state index in [9.17, 15) is 4.79 Å². The van der Waals surface area contributed by atoms with Gasteiger partial charge in [0.2, 0.25) is 0 Å². The molecule has 0 aliphatic heterocycles. The van der Waals surface area contributed by atoms with Crippen LogP contribution in [-0.4, -0.2) is 23.8 Å². The standard InChI is InChI=1S/C17H34N4O/c1-6-14(4)20-21-17(5,12-13(2)3)19-16(22)18-15-10-8-7-9-11-15/h13-15H,6-12H2,1-5H3,(H2,18,19,22). The average molecular weight is 310 g/mol. The Morgan fingerprint density at radius 1 is 1.23 bits per heavy atom. The SMILES string of the molecule is CCC(C)N=NC(C)(CC(C)C)NC(=O)NC1CCCCC1. The van der Waals surface area contributed by atoms with Gasteiger partial charge in [0, 0.05) is 6.04 Å². The summed E-state index contributed by atoms with van der Waals surface area (Å²) in [5.74, 6) is 0.441. The number of rotatable bonds is 7. The molecule has 22 heavy (non-hydrogen) atoms. The fourth-order valence-electron chi connectivity index (χ4n) is 2.93. The van der Waals surface area contributed by atoms with E-state index in [1.165, 1.54) is 19.3 Å². The summed E-state index contributed by atoms with van der Waals surface area (Å²) in [6.07, 6.45) is 7.61. The van der Waals surface area contributed by atoms with E-state index in [1.54, 1.807) is 0 Å². The Balaban J connectivity index is 2.62. The van der Waals surface area contributed by atoms with Gasteiger partial charge >= 0.3 is 6.03 Å². The van der Waals surface area contributed by atoms with E-state index in [4.69, 9.17) is 0 Å². The molecule has 2 amide bonds. The first-order chi connectivity index (χ1) is 10.3. The minimum absolute atomic E-state index is 0.113. The molecule has 2 N–H and O–H groups in total. The third kappa shape index (κ3) is 7.23. The molecule has 5 heteroatoms. The van der Waals surface area contributed by atoms with Crippen molar-refractivity contribution in [2.75, 3.05) is 0 Å². The number of carbonyl (C=O) groups is 1. The second kappa shape index (κ2) is 9.11. The minimum atomic E-state index is -0.629. The number of urea groups is 1. The molecule has 1 rings (SSSR count). The first-order valence-electron chi connectivity index (χ1n) is 8.85. The van der Waals surface area contributed by atoms with Crippen LogP contribution in [0.15, 0.2) is 10.2 Å². The van der Waals surface area contributed by atoms with Crippen molar-refractivity contribution in [1.29, 1.82) is 0 Å². The molecule has 1 aliphatic carbocycles. The number of hydrogen-bond acceptors (Lipinski definition) is 3. The molecule has 1 fully saturated rings. The second-order valence-corrected chi connectivity index (χ2v) is 7.28. The molecule has 2 atom stereocenters. The molecule has 0 radical (unpaired) electrons. The van der Waals surface area contributed by atoms with Crippen LogP contribution in [0, 0.1) is 5.92 Å². The summed E-state index contributed by atoms with van der Waals surface area (Å²) in [6, 6.07) is 0.386. The number of amides is 2. The smallest absolute Gasteiger partial charge is 0.316 e. The average Bonchev–Trinajstić information content (AvgIpc) is 2.44. The van der Waals surface area contributed by atoms with Gasteiger partial charge in [-0.3, -0.25) is 0 Å². The fourth-order valence-corrected chi connectivity index (χ4v) is 2.93. The number of azo groups is 1. The monoisotopic (exact) mass is 310 g/mol. The first kappa shape index (κ1) is 18.9. The van der Waals surface area contributed by atoms with Crippen molar-refractivity contribution < 1.29 is 4.79 Å². The molecule has 0 bridgehead atoms. The van der Waals surface area contributed by atoms with Gasteiger partial charge in [-0.05, 0) is 45.4 Å². The van der Waals surface area contributed by atoms with Crippen molar-refractivity contribution in [1.82, 2.24) is 10.6 Å². The summed E-state index contributed by atoms with van der Waals surface area (Å²) in [5, 5.41) is 14.9. The van der Waals surface area contributed by atoms with E-state index < -0.39 is 5.66 Å². The van der Waals surface area contributed by atoms with E-state index in [1.807, 2.05) is 13.8 Å². The Bertz CT molecular complexity index is 364. The van der Waals surface area contributed by atoms with Crippen molar-refractivity contribution in [2.45, 2.75) is 97.3 Å². The van der Waals surface area contributed by atoms with Gasteiger partial charge in [-0.15, -0.1) is 0 Å². The predicted molar refractivity (Wildman–Crippen MR) is 91.0 cm³/mol. The van der Waals surface area contributed by atoms with E-state index >= 15 is 0 Å². The van der Waals surface area contributed by atoms with Gasteiger partial charge < -0.3 is 10.6 Å². The van der Waals surface area contributed by atoms with Crippen molar-refractivity contribution in [2.24, 2.45) is 16.1 Å².